The number of aromatic nitrogens is 2. The minimum absolute atomic E-state index is 0.619. The van der Waals surface area contributed by atoms with Gasteiger partial charge in [0.15, 0.2) is 0 Å². The molecule has 0 fully saturated rings. The molecule has 2 heterocycles. The van der Waals surface area contributed by atoms with Crippen molar-refractivity contribution in [1.82, 2.24) is 9.55 Å². The standard InChI is InChI=1S/C36H21F3N2S/c37-36(38,39)24-16-18-25(19-17-24)41-34-31-9-4-2-7-28(31)27-6-1-3-8-30(27)33(34)40-35(41)23-14-12-22(13-15-23)26-10-5-11-32-29(26)20-21-42-32/h1-21H. The summed E-state index contributed by atoms with van der Waals surface area (Å²) >= 11 is 1.72. The Hall–Kier alpha value is -4.94. The fourth-order valence-electron chi connectivity index (χ4n) is 5.99. The van der Waals surface area contributed by atoms with Gasteiger partial charge in [-0.3, -0.25) is 4.57 Å². The summed E-state index contributed by atoms with van der Waals surface area (Å²) in [5, 5.41) is 7.46. The van der Waals surface area contributed by atoms with Crippen LogP contribution >= 0.6 is 11.3 Å². The van der Waals surface area contributed by atoms with Gasteiger partial charge in [0.2, 0.25) is 0 Å². The van der Waals surface area contributed by atoms with Crippen molar-refractivity contribution in [2.45, 2.75) is 6.18 Å². The van der Waals surface area contributed by atoms with Crippen LogP contribution in [-0.2, 0) is 6.18 Å². The van der Waals surface area contributed by atoms with E-state index >= 15 is 0 Å². The number of hydrogen-bond donors (Lipinski definition) is 0. The molecule has 0 radical (unpaired) electrons. The lowest BCUT2D eigenvalue weighted by atomic mass is 10.00. The van der Waals surface area contributed by atoms with Crippen LogP contribution in [0.3, 0.4) is 0 Å². The monoisotopic (exact) mass is 570 g/mol. The normalized spacial score (nSPS) is 12.2. The average molecular weight is 571 g/mol. The first-order valence-corrected chi connectivity index (χ1v) is 14.4. The van der Waals surface area contributed by atoms with Gasteiger partial charge in [0, 0.05) is 32.1 Å². The Bertz CT molecular complexity index is 2280. The zero-order chi connectivity index (χ0) is 28.4. The van der Waals surface area contributed by atoms with Crippen molar-refractivity contribution >= 4 is 54.0 Å². The molecule has 0 unspecified atom stereocenters. The van der Waals surface area contributed by atoms with Gasteiger partial charge in [0.1, 0.15) is 5.82 Å². The fraction of sp³-hybridized carbons (Fsp3) is 0.0278. The minimum Gasteiger partial charge on any atom is -0.292 e. The number of imidazole rings is 1. The van der Waals surface area contributed by atoms with Gasteiger partial charge in [0.25, 0.3) is 0 Å². The van der Waals surface area contributed by atoms with Crippen LogP contribution in [0.15, 0.2) is 127 Å². The Morgan fingerprint density at radius 1 is 0.571 bits per heavy atom. The first-order valence-electron chi connectivity index (χ1n) is 13.5. The largest absolute Gasteiger partial charge is 0.416 e. The van der Waals surface area contributed by atoms with Crippen LogP contribution in [0.25, 0.3) is 70.9 Å². The summed E-state index contributed by atoms with van der Waals surface area (Å²) in [6, 6.07) is 38.4. The van der Waals surface area contributed by atoms with Crippen LogP contribution in [0.4, 0.5) is 13.2 Å². The van der Waals surface area contributed by atoms with Gasteiger partial charge in [-0.15, -0.1) is 11.3 Å². The summed E-state index contributed by atoms with van der Waals surface area (Å²) in [4.78, 5) is 5.20. The summed E-state index contributed by atoms with van der Waals surface area (Å²) < 4.78 is 43.7. The van der Waals surface area contributed by atoms with E-state index in [4.69, 9.17) is 4.98 Å². The molecule has 0 saturated heterocycles. The van der Waals surface area contributed by atoms with E-state index in [1.807, 2.05) is 41.0 Å². The van der Waals surface area contributed by atoms with Crippen molar-refractivity contribution in [3.05, 3.63) is 132 Å². The van der Waals surface area contributed by atoms with E-state index in [-0.39, 0.29) is 0 Å². The molecule has 0 N–H and O–H groups in total. The molecule has 0 saturated carbocycles. The lowest BCUT2D eigenvalue weighted by Crippen LogP contribution is -2.05. The second kappa shape index (κ2) is 9.29. The van der Waals surface area contributed by atoms with Crippen molar-refractivity contribution < 1.29 is 13.2 Å². The number of fused-ring (bicyclic) bond motifs is 7. The predicted octanol–water partition coefficient (Wildman–Crippen LogP) is 10.9. The zero-order valence-corrected chi connectivity index (χ0v) is 22.9. The van der Waals surface area contributed by atoms with Gasteiger partial charge in [-0.1, -0.05) is 84.9 Å². The van der Waals surface area contributed by atoms with Crippen LogP contribution in [0.5, 0.6) is 0 Å². The lowest BCUT2D eigenvalue weighted by Gasteiger charge is -2.14. The highest BCUT2D eigenvalue weighted by Crippen LogP contribution is 2.40. The van der Waals surface area contributed by atoms with Crippen molar-refractivity contribution in [2.75, 3.05) is 0 Å². The Labute approximate surface area is 242 Å². The maximum Gasteiger partial charge on any atom is 0.416 e. The van der Waals surface area contributed by atoms with Crippen LogP contribution in [0.2, 0.25) is 0 Å². The minimum atomic E-state index is -4.41. The molecular weight excluding hydrogens is 549 g/mol. The number of thiophene rings is 1. The number of nitrogens with zero attached hydrogens (tertiary/aromatic N) is 2. The molecule has 0 aliphatic rings. The van der Waals surface area contributed by atoms with E-state index in [1.165, 1.54) is 22.2 Å². The van der Waals surface area contributed by atoms with Crippen LogP contribution in [0, 0.1) is 0 Å². The Morgan fingerprint density at radius 3 is 1.93 bits per heavy atom. The number of benzene rings is 6. The molecule has 8 aromatic rings. The topological polar surface area (TPSA) is 17.8 Å². The van der Waals surface area contributed by atoms with E-state index in [9.17, 15) is 13.2 Å². The van der Waals surface area contributed by atoms with Gasteiger partial charge in [-0.25, -0.2) is 4.98 Å². The third-order valence-corrected chi connectivity index (χ3v) is 8.82. The summed E-state index contributed by atoms with van der Waals surface area (Å²) in [5.41, 5.74) is 4.75. The van der Waals surface area contributed by atoms with Gasteiger partial charge < -0.3 is 0 Å². The first-order chi connectivity index (χ1) is 20.5. The third-order valence-electron chi connectivity index (χ3n) is 7.93. The highest BCUT2D eigenvalue weighted by atomic mass is 32.1. The van der Waals surface area contributed by atoms with Crippen molar-refractivity contribution in [1.29, 1.82) is 0 Å². The number of hydrogen-bond acceptors (Lipinski definition) is 2. The van der Waals surface area contributed by atoms with Crippen LogP contribution in [0.1, 0.15) is 5.56 Å². The molecule has 202 valence electrons. The number of alkyl halides is 3. The van der Waals surface area contributed by atoms with E-state index in [2.05, 4.69) is 66.0 Å². The molecule has 42 heavy (non-hydrogen) atoms. The van der Waals surface area contributed by atoms with Crippen LogP contribution < -0.4 is 0 Å². The van der Waals surface area contributed by atoms with Crippen molar-refractivity contribution in [2.24, 2.45) is 0 Å². The van der Waals surface area contributed by atoms with Gasteiger partial charge in [-0.05, 0) is 63.7 Å². The van der Waals surface area contributed by atoms with E-state index in [1.54, 1.807) is 11.3 Å². The molecule has 6 aromatic carbocycles. The zero-order valence-electron chi connectivity index (χ0n) is 22.1. The summed E-state index contributed by atoms with van der Waals surface area (Å²) in [6.45, 7) is 0. The molecule has 8 rings (SSSR count). The summed E-state index contributed by atoms with van der Waals surface area (Å²) in [7, 11) is 0. The number of halogens is 3. The predicted molar refractivity (Wildman–Crippen MR) is 167 cm³/mol. The van der Waals surface area contributed by atoms with E-state index < -0.39 is 11.7 Å². The fourth-order valence-corrected chi connectivity index (χ4v) is 6.81. The van der Waals surface area contributed by atoms with Gasteiger partial charge in [-0.2, -0.15) is 13.2 Å². The molecular formula is C36H21F3N2S. The molecule has 0 spiro atoms. The van der Waals surface area contributed by atoms with E-state index in [0.717, 1.165) is 61.4 Å². The Kier molecular flexibility index (Phi) is 5.49. The third kappa shape index (κ3) is 3.83. The number of rotatable bonds is 3. The first kappa shape index (κ1) is 24.8. The highest BCUT2D eigenvalue weighted by Gasteiger charge is 2.30. The summed E-state index contributed by atoms with van der Waals surface area (Å²) in [6.07, 6.45) is -4.41. The molecule has 2 nitrogen and oxygen atoms in total. The smallest absolute Gasteiger partial charge is 0.292 e. The Balaban J connectivity index is 1.41. The van der Waals surface area contributed by atoms with Gasteiger partial charge in [0.05, 0.1) is 16.6 Å². The lowest BCUT2D eigenvalue weighted by molar-refractivity contribution is -0.137. The molecule has 0 atom stereocenters. The quantitative estimate of drug-likeness (QED) is 0.193. The van der Waals surface area contributed by atoms with E-state index in [0.29, 0.717) is 11.5 Å². The molecule has 2 aromatic heterocycles. The maximum absolute atomic E-state index is 13.5. The molecule has 0 bridgehead atoms. The van der Waals surface area contributed by atoms with Crippen molar-refractivity contribution in [3.8, 4) is 28.2 Å². The SMILES string of the molecule is FC(F)(F)c1ccc(-n2c(-c3ccc(-c4cccc5sccc45)cc3)nc3c4ccccc4c4ccccc4c32)cc1. The van der Waals surface area contributed by atoms with Gasteiger partial charge >= 0.3 is 6.18 Å². The molecule has 6 heteroatoms. The molecule has 0 aliphatic carbocycles. The molecule has 0 amide bonds. The second-order valence-electron chi connectivity index (χ2n) is 10.3. The van der Waals surface area contributed by atoms with Crippen LogP contribution in [-0.4, -0.2) is 9.55 Å². The maximum atomic E-state index is 13.5. The van der Waals surface area contributed by atoms with Crippen molar-refractivity contribution in [3.63, 3.8) is 0 Å². The Morgan fingerprint density at radius 2 is 1.21 bits per heavy atom. The summed E-state index contributed by atoms with van der Waals surface area (Å²) in [5.74, 6) is 0.673. The molecule has 0 aliphatic heterocycles. The average Bonchev–Trinajstić information content (AvgIpc) is 3.67. The highest BCUT2D eigenvalue weighted by molar-refractivity contribution is 7.17. The second-order valence-corrected chi connectivity index (χ2v) is 11.3.